The zero-order chi connectivity index (χ0) is 19.2. The molecule has 1 amide bonds. The molecule has 1 aromatic heterocycles. The molecule has 4 heteroatoms. The fourth-order valence-electron chi connectivity index (χ4n) is 3.01. The summed E-state index contributed by atoms with van der Waals surface area (Å²) < 4.78 is 1.73. The number of nitrogens with zero attached hydrogens (tertiary/aromatic N) is 2. The van der Waals surface area contributed by atoms with Crippen LogP contribution in [0, 0.1) is 5.92 Å². The summed E-state index contributed by atoms with van der Waals surface area (Å²) in [5, 5.41) is 7.84. The van der Waals surface area contributed by atoms with Crippen molar-refractivity contribution in [1.29, 1.82) is 0 Å². The van der Waals surface area contributed by atoms with E-state index in [2.05, 4.69) is 26.1 Å². The first-order valence-corrected chi connectivity index (χ1v) is 9.56. The molecular formula is C23H27N3O. The maximum absolute atomic E-state index is 13.0. The molecule has 4 nitrogen and oxygen atoms in total. The van der Waals surface area contributed by atoms with Crippen molar-refractivity contribution in [1.82, 2.24) is 15.1 Å². The zero-order valence-electron chi connectivity index (χ0n) is 16.2. The molecule has 1 N–H and O–H groups in total. The average molecular weight is 361 g/mol. The second-order valence-electron chi connectivity index (χ2n) is 7.37. The molecule has 2 aromatic carbocycles. The van der Waals surface area contributed by atoms with Gasteiger partial charge in [0.1, 0.15) is 5.69 Å². The summed E-state index contributed by atoms with van der Waals surface area (Å²) in [4.78, 5) is 13.0. The number of para-hydroxylation sites is 1. The van der Waals surface area contributed by atoms with Gasteiger partial charge in [0.2, 0.25) is 0 Å². The van der Waals surface area contributed by atoms with E-state index in [9.17, 15) is 4.79 Å². The minimum Gasteiger partial charge on any atom is -0.348 e. The quantitative estimate of drug-likeness (QED) is 0.637. The van der Waals surface area contributed by atoms with Crippen molar-refractivity contribution in [2.75, 3.05) is 0 Å². The Morgan fingerprint density at radius 2 is 1.59 bits per heavy atom. The Bertz CT molecular complexity index is 869. The van der Waals surface area contributed by atoms with Crippen LogP contribution >= 0.6 is 0 Å². The third-order valence-corrected chi connectivity index (χ3v) is 4.57. The number of carbonyl (C=O) groups is 1. The van der Waals surface area contributed by atoms with Crippen LogP contribution in [0.2, 0.25) is 0 Å². The van der Waals surface area contributed by atoms with Gasteiger partial charge in [-0.25, -0.2) is 4.68 Å². The number of benzene rings is 2. The molecule has 0 saturated carbocycles. The molecular weight excluding hydrogens is 334 g/mol. The number of aromatic nitrogens is 2. The van der Waals surface area contributed by atoms with Gasteiger partial charge >= 0.3 is 0 Å². The summed E-state index contributed by atoms with van der Waals surface area (Å²) in [7, 11) is 0. The Morgan fingerprint density at radius 1 is 0.963 bits per heavy atom. The van der Waals surface area contributed by atoms with Crippen LogP contribution in [0.25, 0.3) is 16.9 Å². The molecule has 0 aliphatic carbocycles. The predicted octanol–water partition coefficient (Wildman–Crippen LogP) is 5.09. The molecule has 27 heavy (non-hydrogen) atoms. The van der Waals surface area contributed by atoms with Gasteiger partial charge in [0.25, 0.3) is 5.91 Å². The summed E-state index contributed by atoms with van der Waals surface area (Å²) in [6.07, 6.45) is 2.06. The van der Waals surface area contributed by atoms with Crippen molar-refractivity contribution < 1.29 is 4.79 Å². The van der Waals surface area contributed by atoms with E-state index in [0.717, 1.165) is 29.8 Å². The number of nitrogens with one attached hydrogen (secondary N) is 1. The summed E-state index contributed by atoms with van der Waals surface area (Å²) in [5.74, 6) is 0.536. The summed E-state index contributed by atoms with van der Waals surface area (Å²) in [6, 6.07) is 21.7. The second-order valence-corrected chi connectivity index (χ2v) is 7.37. The number of hydrogen-bond donors (Lipinski definition) is 1. The fraction of sp³-hybridized carbons (Fsp3) is 0.304. The lowest BCUT2D eigenvalue weighted by molar-refractivity contribution is 0.0929. The molecule has 140 valence electrons. The standard InChI is InChI=1S/C23H27N3O/c1-17(2)14-15-18(3)24-23(27)22-16-21(19-10-6-4-7-11-19)25-26(22)20-12-8-5-9-13-20/h4-13,16-18H,14-15H2,1-3H3,(H,24,27)/t18-/m1/s1. The highest BCUT2D eigenvalue weighted by molar-refractivity contribution is 5.94. The van der Waals surface area contributed by atoms with Crippen LogP contribution in [0.5, 0.6) is 0 Å². The van der Waals surface area contributed by atoms with Crippen LogP contribution in [0.1, 0.15) is 44.1 Å². The molecule has 0 saturated heterocycles. The van der Waals surface area contributed by atoms with Crippen molar-refractivity contribution in [3.63, 3.8) is 0 Å². The molecule has 1 heterocycles. The first-order valence-electron chi connectivity index (χ1n) is 9.56. The number of rotatable bonds is 7. The van der Waals surface area contributed by atoms with Gasteiger partial charge < -0.3 is 5.32 Å². The predicted molar refractivity (Wildman–Crippen MR) is 110 cm³/mol. The monoisotopic (exact) mass is 361 g/mol. The minimum atomic E-state index is -0.0928. The topological polar surface area (TPSA) is 46.9 Å². The van der Waals surface area contributed by atoms with E-state index in [4.69, 9.17) is 5.10 Å². The lowest BCUT2D eigenvalue weighted by Crippen LogP contribution is -2.34. The largest absolute Gasteiger partial charge is 0.348 e. The lowest BCUT2D eigenvalue weighted by atomic mass is 10.0. The molecule has 0 unspecified atom stereocenters. The number of hydrogen-bond acceptors (Lipinski definition) is 2. The Morgan fingerprint density at radius 3 is 2.22 bits per heavy atom. The summed E-state index contributed by atoms with van der Waals surface area (Å²) in [5.41, 5.74) is 3.21. The molecule has 0 aliphatic heterocycles. The Hall–Kier alpha value is -2.88. The van der Waals surface area contributed by atoms with Crippen molar-refractivity contribution >= 4 is 5.91 Å². The van der Waals surface area contributed by atoms with Gasteiger partial charge in [0.05, 0.1) is 11.4 Å². The van der Waals surface area contributed by atoms with Gasteiger partial charge in [-0.1, -0.05) is 62.4 Å². The normalized spacial score (nSPS) is 12.1. The van der Waals surface area contributed by atoms with Crippen molar-refractivity contribution in [2.45, 2.75) is 39.7 Å². The Kier molecular flexibility index (Phi) is 6.07. The number of amides is 1. The molecule has 3 aromatic rings. The van der Waals surface area contributed by atoms with Gasteiger partial charge in [-0.15, -0.1) is 0 Å². The highest BCUT2D eigenvalue weighted by Gasteiger charge is 2.19. The van der Waals surface area contributed by atoms with Gasteiger partial charge in [-0.2, -0.15) is 5.10 Å². The van der Waals surface area contributed by atoms with Crippen molar-refractivity contribution in [3.05, 3.63) is 72.4 Å². The molecule has 0 bridgehead atoms. The van der Waals surface area contributed by atoms with Crippen LogP contribution in [0.15, 0.2) is 66.7 Å². The Balaban J connectivity index is 1.90. The summed E-state index contributed by atoms with van der Waals surface area (Å²) >= 11 is 0. The van der Waals surface area contributed by atoms with E-state index >= 15 is 0 Å². The van der Waals surface area contributed by atoms with Gasteiger partial charge in [-0.3, -0.25) is 4.79 Å². The maximum Gasteiger partial charge on any atom is 0.270 e. The Labute approximate surface area is 161 Å². The van der Waals surface area contributed by atoms with E-state index in [0.29, 0.717) is 11.6 Å². The van der Waals surface area contributed by atoms with E-state index in [1.807, 2.05) is 66.7 Å². The van der Waals surface area contributed by atoms with E-state index in [-0.39, 0.29) is 11.9 Å². The zero-order valence-corrected chi connectivity index (χ0v) is 16.2. The molecule has 1 atom stereocenters. The second kappa shape index (κ2) is 8.67. The van der Waals surface area contributed by atoms with Crippen LogP contribution in [0.4, 0.5) is 0 Å². The van der Waals surface area contributed by atoms with Crippen LogP contribution in [-0.2, 0) is 0 Å². The highest BCUT2D eigenvalue weighted by Crippen LogP contribution is 2.22. The van der Waals surface area contributed by atoms with Crippen molar-refractivity contribution in [3.8, 4) is 16.9 Å². The van der Waals surface area contributed by atoms with Gasteiger partial charge in [0.15, 0.2) is 0 Å². The summed E-state index contributed by atoms with van der Waals surface area (Å²) in [6.45, 7) is 6.46. The van der Waals surface area contributed by atoms with E-state index in [1.54, 1.807) is 4.68 Å². The first kappa shape index (κ1) is 18.9. The molecule has 0 radical (unpaired) electrons. The lowest BCUT2D eigenvalue weighted by Gasteiger charge is -2.15. The fourth-order valence-corrected chi connectivity index (χ4v) is 3.01. The van der Waals surface area contributed by atoms with Gasteiger partial charge in [0, 0.05) is 11.6 Å². The third-order valence-electron chi connectivity index (χ3n) is 4.57. The average Bonchev–Trinajstić information content (AvgIpc) is 3.13. The molecule has 3 rings (SSSR count). The number of carbonyl (C=O) groups excluding carboxylic acids is 1. The molecule has 0 aliphatic rings. The maximum atomic E-state index is 13.0. The van der Waals surface area contributed by atoms with Gasteiger partial charge in [-0.05, 0) is 43.9 Å². The van der Waals surface area contributed by atoms with E-state index in [1.165, 1.54) is 0 Å². The first-order chi connectivity index (χ1) is 13.0. The van der Waals surface area contributed by atoms with E-state index < -0.39 is 0 Å². The van der Waals surface area contributed by atoms with Crippen LogP contribution in [-0.4, -0.2) is 21.7 Å². The SMILES string of the molecule is CC(C)CC[C@@H](C)NC(=O)c1cc(-c2ccccc2)nn1-c1ccccc1. The molecule has 0 fully saturated rings. The van der Waals surface area contributed by atoms with Crippen LogP contribution < -0.4 is 5.32 Å². The third kappa shape index (κ3) is 4.85. The van der Waals surface area contributed by atoms with Crippen LogP contribution in [0.3, 0.4) is 0 Å². The molecule has 0 spiro atoms. The highest BCUT2D eigenvalue weighted by atomic mass is 16.2. The van der Waals surface area contributed by atoms with Crippen molar-refractivity contribution in [2.24, 2.45) is 5.92 Å². The smallest absolute Gasteiger partial charge is 0.270 e. The minimum absolute atomic E-state index is 0.0928.